The molecule has 0 amide bonds. The van der Waals surface area contributed by atoms with Crippen LogP contribution in [0.2, 0.25) is 0 Å². The van der Waals surface area contributed by atoms with Gasteiger partial charge in [-0.1, -0.05) is 57.5 Å². The lowest BCUT2D eigenvalue weighted by Crippen LogP contribution is -2.43. The lowest BCUT2D eigenvalue weighted by atomic mass is 9.64. The van der Waals surface area contributed by atoms with E-state index in [0.717, 1.165) is 36.6 Å². The number of hydrogen-bond donors (Lipinski definition) is 0. The maximum Gasteiger partial charge on any atom is 0.338 e. The zero-order chi connectivity index (χ0) is 22.8. The number of nitrogens with zero attached hydrogens (tertiary/aromatic N) is 2. The van der Waals surface area contributed by atoms with Crippen LogP contribution in [0, 0.1) is 32.1 Å². The number of benzene rings is 2. The topological polar surface area (TPSA) is 113 Å². The highest BCUT2D eigenvalue weighted by Crippen LogP contribution is 2.44. The summed E-state index contributed by atoms with van der Waals surface area (Å²) in [5.74, 6) is -0.372. The van der Waals surface area contributed by atoms with E-state index in [0.29, 0.717) is 12.3 Å². The van der Waals surface area contributed by atoms with Crippen molar-refractivity contribution < 1.29 is 19.4 Å². The first kappa shape index (κ1) is 22.4. The van der Waals surface area contributed by atoms with Crippen molar-refractivity contribution in [1.29, 1.82) is 0 Å². The molecule has 164 valence electrons. The van der Waals surface area contributed by atoms with Crippen LogP contribution in [0.1, 0.15) is 56.0 Å². The number of nitro benzene ring substituents is 2. The number of carbonyl (C=O) groups is 1. The Bertz CT molecular complexity index is 957. The third-order valence-corrected chi connectivity index (χ3v) is 6.32. The van der Waals surface area contributed by atoms with Gasteiger partial charge in [-0.25, -0.2) is 4.79 Å². The molecule has 0 bridgehead atoms. The summed E-state index contributed by atoms with van der Waals surface area (Å²) in [5.41, 5.74) is -0.336. The van der Waals surface area contributed by atoms with Crippen LogP contribution in [0.3, 0.4) is 0 Å². The van der Waals surface area contributed by atoms with Crippen LogP contribution in [-0.2, 0) is 10.2 Å². The number of rotatable bonds is 6. The minimum atomic E-state index is -0.778. The molecule has 0 aromatic heterocycles. The van der Waals surface area contributed by atoms with E-state index in [4.69, 9.17) is 4.74 Å². The number of carbonyl (C=O) groups excluding carboxylic acids is 1. The molecular formula is C23H26N2O6. The summed E-state index contributed by atoms with van der Waals surface area (Å²) in [7, 11) is 0. The molecule has 1 aliphatic rings. The molecule has 0 heterocycles. The first-order valence-corrected chi connectivity index (χ1v) is 10.3. The highest BCUT2D eigenvalue weighted by atomic mass is 16.6. The zero-order valence-corrected chi connectivity index (χ0v) is 17.8. The van der Waals surface area contributed by atoms with E-state index in [-0.39, 0.29) is 16.9 Å². The maximum atomic E-state index is 12.9. The van der Waals surface area contributed by atoms with Crippen LogP contribution in [0.4, 0.5) is 11.4 Å². The van der Waals surface area contributed by atoms with Gasteiger partial charge in [0.1, 0.15) is 6.10 Å². The van der Waals surface area contributed by atoms with Crippen molar-refractivity contribution in [2.75, 3.05) is 0 Å². The quantitative estimate of drug-likeness (QED) is 0.345. The van der Waals surface area contributed by atoms with E-state index in [2.05, 4.69) is 32.9 Å². The Kier molecular flexibility index (Phi) is 6.38. The summed E-state index contributed by atoms with van der Waals surface area (Å²) >= 11 is 0. The lowest BCUT2D eigenvalue weighted by molar-refractivity contribution is -0.394. The Morgan fingerprint density at radius 1 is 1.00 bits per heavy atom. The second-order valence-electron chi connectivity index (χ2n) is 8.81. The van der Waals surface area contributed by atoms with E-state index in [1.165, 1.54) is 0 Å². The first-order chi connectivity index (χ1) is 14.6. The van der Waals surface area contributed by atoms with Gasteiger partial charge in [0.2, 0.25) is 0 Å². The summed E-state index contributed by atoms with van der Waals surface area (Å²) in [4.78, 5) is 33.7. The minimum Gasteiger partial charge on any atom is -0.458 e. The van der Waals surface area contributed by atoms with Gasteiger partial charge in [-0.05, 0) is 29.7 Å². The van der Waals surface area contributed by atoms with Gasteiger partial charge in [0, 0.05) is 18.1 Å². The van der Waals surface area contributed by atoms with Gasteiger partial charge >= 0.3 is 5.97 Å². The molecule has 0 radical (unpaired) electrons. The SMILES string of the molecule is C[C@@H]1CC[C@@H](C(C)(C)c2ccccc2)[C@H](OC(=O)c2cc([N+](=O)[O-])cc([N+](=O)[O-])c2)C1. The molecule has 31 heavy (non-hydrogen) atoms. The molecule has 0 aliphatic heterocycles. The van der Waals surface area contributed by atoms with Crippen LogP contribution in [0.5, 0.6) is 0 Å². The van der Waals surface area contributed by atoms with E-state index in [1.807, 2.05) is 18.2 Å². The summed E-state index contributed by atoms with van der Waals surface area (Å²) in [6, 6.07) is 12.9. The maximum absolute atomic E-state index is 12.9. The fraction of sp³-hybridized carbons (Fsp3) is 0.435. The average Bonchev–Trinajstić information content (AvgIpc) is 2.73. The van der Waals surface area contributed by atoms with Crippen LogP contribution in [0.25, 0.3) is 0 Å². The van der Waals surface area contributed by atoms with Crippen molar-refractivity contribution in [1.82, 2.24) is 0 Å². The first-order valence-electron chi connectivity index (χ1n) is 10.3. The normalized spacial score (nSPS) is 21.3. The summed E-state index contributed by atoms with van der Waals surface area (Å²) < 4.78 is 5.85. The van der Waals surface area contributed by atoms with Crippen molar-refractivity contribution in [2.24, 2.45) is 11.8 Å². The molecule has 8 nitrogen and oxygen atoms in total. The predicted molar refractivity (Wildman–Crippen MR) is 115 cm³/mol. The molecule has 2 aromatic carbocycles. The van der Waals surface area contributed by atoms with Crippen LogP contribution < -0.4 is 0 Å². The highest BCUT2D eigenvalue weighted by Gasteiger charge is 2.42. The van der Waals surface area contributed by atoms with Crippen molar-refractivity contribution in [2.45, 2.75) is 51.6 Å². The van der Waals surface area contributed by atoms with Gasteiger partial charge in [0.05, 0.1) is 21.5 Å². The fourth-order valence-corrected chi connectivity index (χ4v) is 4.50. The standard InChI is InChI=1S/C23H26N2O6/c1-15-9-10-20(23(2,3)17-7-5-4-6-8-17)21(11-15)31-22(26)16-12-18(24(27)28)14-19(13-16)25(29)30/h4-8,12-15,20-21H,9-11H2,1-3H3/t15-,20-,21-/m1/s1. The predicted octanol–water partition coefficient (Wildman–Crippen LogP) is 5.44. The van der Waals surface area contributed by atoms with Gasteiger partial charge in [0.25, 0.3) is 11.4 Å². The molecule has 0 N–H and O–H groups in total. The van der Waals surface area contributed by atoms with Crippen LogP contribution in [0.15, 0.2) is 48.5 Å². The second-order valence-corrected chi connectivity index (χ2v) is 8.81. The second kappa shape index (κ2) is 8.83. The van der Waals surface area contributed by atoms with Crippen molar-refractivity contribution in [3.8, 4) is 0 Å². The van der Waals surface area contributed by atoms with E-state index in [1.54, 1.807) is 0 Å². The molecule has 1 aliphatic carbocycles. The van der Waals surface area contributed by atoms with Crippen molar-refractivity contribution in [3.05, 3.63) is 79.9 Å². The molecule has 3 atom stereocenters. The third-order valence-electron chi connectivity index (χ3n) is 6.32. The Morgan fingerprint density at radius 2 is 1.58 bits per heavy atom. The fourth-order valence-electron chi connectivity index (χ4n) is 4.50. The summed E-state index contributed by atoms with van der Waals surface area (Å²) in [6.07, 6.45) is 2.15. The lowest BCUT2D eigenvalue weighted by Gasteiger charge is -2.44. The van der Waals surface area contributed by atoms with Crippen LogP contribution in [-0.4, -0.2) is 21.9 Å². The smallest absolute Gasteiger partial charge is 0.338 e. The van der Waals surface area contributed by atoms with Crippen molar-refractivity contribution >= 4 is 17.3 Å². The Labute approximate surface area is 180 Å². The molecule has 0 unspecified atom stereocenters. The van der Waals surface area contributed by atoms with Gasteiger partial charge < -0.3 is 4.74 Å². The summed E-state index contributed by atoms with van der Waals surface area (Å²) in [6.45, 7) is 6.36. The summed E-state index contributed by atoms with van der Waals surface area (Å²) in [5, 5.41) is 22.3. The third kappa shape index (κ3) is 4.90. The number of esters is 1. The molecule has 3 rings (SSSR count). The van der Waals surface area contributed by atoms with Gasteiger partial charge in [-0.2, -0.15) is 0 Å². The van der Waals surface area contributed by atoms with Gasteiger partial charge in [-0.15, -0.1) is 0 Å². The average molecular weight is 426 g/mol. The Balaban J connectivity index is 1.90. The van der Waals surface area contributed by atoms with E-state index < -0.39 is 33.3 Å². The van der Waals surface area contributed by atoms with Crippen molar-refractivity contribution in [3.63, 3.8) is 0 Å². The largest absolute Gasteiger partial charge is 0.458 e. The van der Waals surface area contributed by atoms with E-state index in [9.17, 15) is 25.0 Å². The number of ether oxygens (including phenoxy) is 1. The number of nitro groups is 2. The molecule has 0 saturated heterocycles. The number of hydrogen-bond acceptors (Lipinski definition) is 6. The molecule has 8 heteroatoms. The minimum absolute atomic E-state index is 0.0451. The highest BCUT2D eigenvalue weighted by molar-refractivity contribution is 5.91. The van der Waals surface area contributed by atoms with Gasteiger partial charge in [0.15, 0.2) is 0 Å². The molecule has 1 fully saturated rings. The number of non-ortho nitro benzene ring substituents is 2. The van der Waals surface area contributed by atoms with E-state index >= 15 is 0 Å². The van der Waals surface area contributed by atoms with Crippen LogP contribution >= 0.6 is 0 Å². The molecule has 1 saturated carbocycles. The molecular weight excluding hydrogens is 400 g/mol. The zero-order valence-electron chi connectivity index (χ0n) is 17.8. The monoisotopic (exact) mass is 426 g/mol. The van der Waals surface area contributed by atoms with Gasteiger partial charge in [-0.3, -0.25) is 20.2 Å². The Morgan fingerprint density at radius 3 is 2.13 bits per heavy atom. The molecule has 2 aromatic rings. The Hall–Kier alpha value is -3.29. The molecule has 0 spiro atoms.